The van der Waals surface area contributed by atoms with Gasteiger partial charge in [0.05, 0.1) is 11.1 Å². The van der Waals surface area contributed by atoms with Gasteiger partial charge in [-0.2, -0.15) is 0 Å². The Labute approximate surface area is 144 Å². The van der Waals surface area contributed by atoms with E-state index in [1.54, 1.807) is 18.2 Å². The summed E-state index contributed by atoms with van der Waals surface area (Å²) in [6, 6.07) is 9.73. The minimum absolute atomic E-state index is 0.347. The standard InChI is InChI=1S/C16H13BrF3NO3/c1-2-23-14-8-3-10(9-13(14)17)15(22)21-11-4-6-12(7-5-11)24-16(18,19)20/h3-9H,2H2,1H3,(H,21,22). The molecule has 2 rings (SSSR count). The Bertz CT molecular complexity index is 717. The van der Waals surface area contributed by atoms with E-state index in [1.165, 1.54) is 12.1 Å². The van der Waals surface area contributed by atoms with Crippen molar-refractivity contribution in [3.63, 3.8) is 0 Å². The molecule has 0 aliphatic heterocycles. The molecule has 24 heavy (non-hydrogen) atoms. The SMILES string of the molecule is CCOc1ccc(C(=O)Nc2ccc(OC(F)(F)F)cc2)cc1Br. The normalized spacial score (nSPS) is 11.0. The summed E-state index contributed by atoms with van der Waals surface area (Å²) < 4.78 is 46.0. The molecule has 128 valence electrons. The third kappa shape index (κ3) is 5.16. The predicted octanol–water partition coefficient (Wildman–Crippen LogP) is 5.00. The number of rotatable bonds is 5. The molecule has 1 N–H and O–H groups in total. The van der Waals surface area contributed by atoms with E-state index < -0.39 is 12.3 Å². The van der Waals surface area contributed by atoms with Crippen molar-refractivity contribution < 1.29 is 27.4 Å². The molecule has 0 saturated heterocycles. The number of halogens is 4. The van der Waals surface area contributed by atoms with Crippen molar-refractivity contribution in [3.05, 3.63) is 52.5 Å². The summed E-state index contributed by atoms with van der Waals surface area (Å²) in [4.78, 5) is 12.2. The number of hydrogen-bond acceptors (Lipinski definition) is 3. The Kier molecular flexibility index (Phi) is 5.71. The van der Waals surface area contributed by atoms with Gasteiger partial charge in [0, 0.05) is 11.3 Å². The van der Waals surface area contributed by atoms with E-state index in [0.29, 0.717) is 28.1 Å². The largest absolute Gasteiger partial charge is 0.573 e. The summed E-state index contributed by atoms with van der Waals surface area (Å²) in [6.07, 6.45) is -4.75. The molecule has 0 aliphatic carbocycles. The van der Waals surface area contributed by atoms with Crippen LogP contribution in [0.2, 0.25) is 0 Å². The predicted molar refractivity (Wildman–Crippen MR) is 86.4 cm³/mol. The topological polar surface area (TPSA) is 47.6 Å². The van der Waals surface area contributed by atoms with Crippen LogP contribution in [0.5, 0.6) is 11.5 Å². The molecule has 0 spiro atoms. The zero-order valence-corrected chi connectivity index (χ0v) is 14.1. The molecule has 2 aromatic carbocycles. The van der Waals surface area contributed by atoms with E-state index in [1.807, 2.05) is 6.92 Å². The van der Waals surface area contributed by atoms with Crippen LogP contribution in [-0.4, -0.2) is 18.9 Å². The first-order chi connectivity index (χ1) is 11.3. The Morgan fingerprint density at radius 1 is 1.17 bits per heavy atom. The molecule has 0 heterocycles. The lowest BCUT2D eigenvalue weighted by Crippen LogP contribution is -2.17. The van der Waals surface area contributed by atoms with Crippen molar-refractivity contribution >= 4 is 27.5 Å². The van der Waals surface area contributed by atoms with Crippen LogP contribution < -0.4 is 14.8 Å². The zero-order chi connectivity index (χ0) is 17.7. The average Bonchev–Trinajstić information content (AvgIpc) is 2.50. The second-order valence-electron chi connectivity index (χ2n) is 4.60. The molecule has 0 radical (unpaired) electrons. The number of hydrogen-bond donors (Lipinski definition) is 1. The van der Waals surface area contributed by atoms with Gasteiger partial charge >= 0.3 is 6.36 Å². The van der Waals surface area contributed by atoms with Gasteiger partial charge in [0.1, 0.15) is 11.5 Å². The van der Waals surface area contributed by atoms with E-state index >= 15 is 0 Å². The third-order valence-corrected chi connectivity index (χ3v) is 3.46. The van der Waals surface area contributed by atoms with Gasteiger partial charge in [-0.05, 0) is 65.3 Å². The van der Waals surface area contributed by atoms with Crippen LogP contribution in [0.25, 0.3) is 0 Å². The van der Waals surface area contributed by atoms with Gasteiger partial charge in [0.25, 0.3) is 5.91 Å². The first kappa shape index (κ1) is 18.1. The van der Waals surface area contributed by atoms with Crippen LogP contribution in [0.3, 0.4) is 0 Å². The van der Waals surface area contributed by atoms with Gasteiger partial charge in [-0.3, -0.25) is 4.79 Å². The lowest BCUT2D eigenvalue weighted by atomic mass is 10.2. The van der Waals surface area contributed by atoms with E-state index in [9.17, 15) is 18.0 Å². The monoisotopic (exact) mass is 403 g/mol. The number of alkyl halides is 3. The first-order valence-corrected chi connectivity index (χ1v) is 7.67. The molecule has 0 atom stereocenters. The van der Waals surface area contributed by atoms with Crippen LogP contribution in [0, 0.1) is 0 Å². The molecule has 0 saturated carbocycles. The first-order valence-electron chi connectivity index (χ1n) is 6.88. The minimum Gasteiger partial charge on any atom is -0.493 e. The second-order valence-corrected chi connectivity index (χ2v) is 5.46. The van der Waals surface area contributed by atoms with Crippen molar-refractivity contribution in [3.8, 4) is 11.5 Å². The molecule has 0 aliphatic rings. The zero-order valence-electron chi connectivity index (χ0n) is 12.5. The number of ether oxygens (including phenoxy) is 2. The summed E-state index contributed by atoms with van der Waals surface area (Å²) >= 11 is 3.31. The fourth-order valence-electron chi connectivity index (χ4n) is 1.86. The fourth-order valence-corrected chi connectivity index (χ4v) is 2.35. The van der Waals surface area contributed by atoms with Crippen LogP contribution in [-0.2, 0) is 0 Å². The summed E-state index contributed by atoms with van der Waals surface area (Å²) in [5.74, 6) is -0.143. The lowest BCUT2D eigenvalue weighted by Gasteiger charge is -2.11. The molecule has 4 nitrogen and oxygen atoms in total. The van der Waals surface area contributed by atoms with Crippen LogP contribution in [0.4, 0.5) is 18.9 Å². The average molecular weight is 404 g/mol. The molecule has 0 unspecified atom stereocenters. The van der Waals surface area contributed by atoms with Gasteiger partial charge in [-0.25, -0.2) is 0 Å². The van der Waals surface area contributed by atoms with Gasteiger partial charge < -0.3 is 14.8 Å². The number of nitrogens with one attached hydrogen (secondary N) is 1. The molecule has 0 aromatic heterocycles. The highest BCUT2D eigenvalue weighted by Crippen LogP contribution is 2.27. The van der Waals surface area contributed by atoms with Crippen molar-refractivity contribution in [2.24, 2.45) is 0 Å². The Balaban J connectivity index is 2.05. The molecule has 0 bridgehead atoms. The molecular weight excluding hydrogens is 391 g/mol. The molecule has 2 aromatic rings. The minimum atomic E-state index is -4.75. The van der Waals surface area contributed by atoms with Crippen LogP contribution in [0.15, 0.2) is 46.9 Å². The van der Waals surface area contributed by atoms with Crippen molar-refractivity contribution in [1.82, 2.24) is 0 Å². The second kappa shape index (κ2) is 7.57. The summed E-state index contributed by atoms with van der Waals surface area (Å²) in [5.41, 5.74) is 0.723. The van der Waals surface area contributed by atoms with Crippen LogP contribution in [0.1, 0.15) is 17.3 Å². The van der Waals surface area contributed by atoms with Gasteiger partial charge in [0.2, 0.25) is 0 Å². The van der Waals surface area contributed by atoms with E-state index in [2.05, 4.69) is 26.0 Å². The third-order valence-electron chi connectivity index (χ3n) is 2.84. The number of carbonyl (C=O) groups excluding carboxylic acids is 1. The van der Waals surface area contributed by atoms with E-state index in [0.717, 1.165) is 12.1 Å². The Morgan fingerprint density at radius 3 is 2.38 bits per heavy atom. The summed E-state index contributed by atoms with van der Waals surface area (Å²) in [5, 5.41) is 2.59. The molecule has 1 amide bonds. The van der Waals surface area contributed by atoms with Crippen molar-refractivity contribution in [2.75, 3.05) is 11.9 Å². The lowest BCUT2D eigenvalue weighted by molar-refractivity contribution is -0.274. The highest BCUT2D eigenvalue weighted by molar-refractivity contribution is 9.10. The number of amides is 1. The van der Waals surface area contributed by atoms with E-state index in [4.69, 9.17) is 4.74 Å². The Hall–Kier alpha value is -2.22. The van der Waals surface area contributed by atoms with Gasteiger partial charge in [-0.1, -0.05) is 0 Å². The van der Waals surface area contributed by atoms with Crippen molar-refractivity contribution in [1.29, 1.82) is 0 Å². The smallest absolute Gasteiger partial charge is 0.493 e. The number of benzene rings is 2. The summed E-state index contributed by atoms with van der Waals surface area (Å²) in [6.45, 7) is 2.34. The maximum absolute atomic E-state index is 12.2. The highest BCUT2D eigenvalue weighted by atomic mass is 79.9. The van der Waals surface area contributed by atoms with Gasteiger partial charge in [-0.15, -0.1) is 13.2 Å². The molecule has 0 fully saturated rings. The van der Waals surface area contributed by atoms with Crippen molar-refractivity contribution in [2.45, 2.75) is 13.3 Å². The number of anilines is 1. The Morgan fingerprint density at radius 2 is 1.83 bits per heavy atom. The summed E-state index contributed by atoms with van der Waals surface area (Å²) in [7, 11) is 0. The molecular formula is C16H13BrF3NO3. The highest BCUT2D eigenvalue weighted by Gasteiger charge is 2.30. The number of carbonyl (C=O) groups is 1. The fraction of sp³-hybridized carbons (Fsp3) is 0.188. The maximum Gasteiger partial charge on any atom is 0.573 e. The molecule has 8 heteroatoms. The van der Waals surface area contributed by atoms with Gasteiger partial charge in [0.15, 0.2) is 0 Å². The van der Waals surface area contributed by atoms with E-state index in [-0.39, 0.29) is 5.75 Å². The van der Waals surface area contributed by atoms with Crippen LogP contribution >= 0.6 is 15.9 Å². The maximum atomic E-state index is 12.2. The quantitative estimate of drug-likeness (QED) is 0.763.